The fourth-order valence-electron chi connectivity index (χ4n) is 7.42. The Morgan fingerprint density at radius 2 is 1.74 bits per heavy atom. The molecule has 7 heteroatoms. The summed E-state index contributed by atoms with van der Waals surface area (Å²) in [5.41, 5.74) is 3.68. The number of hydrogen-bond donors (Lipinski definition) is 0. The van der Waals surface area contributed by atoms with E-state index in [-0.39, 0.29) is 30.4 Å². The standard InChI is InChI=1S/C31H37NO6/c33-29(35-20-22-8-2-1-3-9-22)32-17-16-31-15-7-6-12-26(31)28(32)18-23-13-14-25(19-27(23)31)36-21-37-30(34)38-24-10-4-5-11-24/h1-3,8-9,13-14,19,24,26,28H,4-7,10-12,15-18,20-21H2/t26-,28+,31-/m1/s1. The van der Waals surface area contributed by atoms with Crippen molar-refractivity contribution in [1.29, 1.82) is 0 Å². The van der Waals surface area contributed by atoms with Crippen LogP contribution in [-0.4, -0.2) is 42.6 Å². The SMILES string of the molecule is O=C(OCOc1ccc2c(c1)[C@@]13CCCC[C@@H]1[C@H](C2)N(C(=O)OCc1ccccc1)CC3)OC1CCCC1. The Morgan fingerprint density at radius 3 is 2.58 bits per heavy atom. The van der Waals surface area contributed by atoms with Crippen LogP contribution in [0.4, 0.5) is 9.59 Å². The highest BCUT2D eigenvalue weighted by Gasteiger charge is 2.55. The van der Waals surface area contributed by atoms with Crippen molar-refractivity contribution in [2.24, 2.45) is 5.92 Å². The molecule has 0 radical (unpaired) electrons. The summed E-state index contributed by atoms with van der Waals surface area (Å²) in [7, 11) is 0. The molecule has 6 rings (SSSR count). The predicted octanol–water partition coefficient (Wildman–Crippen LogP) is 6.51. The molecule has 3 atom stereocenters. The van der Waals surface area contributed by atoms with Gasteiger partial charge in [0.15, 0.2) is 0 Å². The van der Waals surface area contributed by atoms with E-state index >= 15 is 0 Å². The number of carbonyl (C=O) groups excluding carboxylic acids is 2. The van der Waals surface area contributed by atoms with E-state index < -0.39 is 6.16 Å². The number of fused-ring (bicyclic) bond motifs is 1. The van der Waals surface area contributed by atoms with Gasteiger partial charge in [-0.3, -0.25) is 0 Å². The smallest absolute Gasteiger partial charge is 0.457 e. The minimum absolute atomic E-state index is 0.0250. The molecule has 0 aromatic heterocycles. The normalized spacial score (nSPS) is 26.2. The van der Waals surface area contributed by atoms with E-state index in [1.165, 1.54) is 24.0 Å². The molecule has 2 aromatic rings. The molecule has 2 bridgehead atoms. The molecule has 1 heterocycles. The zero-order valence-electron chi connectivity index (χ0n) is 21.9. The summed E-state index contributed by atoms with van der Waals surface area (Å²) in [6, 6.07) is 16.2. The third-order valence-corrected chi connectivity index (χ3v) is 9.22. The lowest BCUT2D eigenvalue weighted by Gasteiger charge is -2.58. The molecule has 3 aliphatic carbocycles. The Hall–Kier alpha value is -3.22. The molecular formula is C31H37NO6. The average molecular weight is 520 g/mol. The quantitative estimate of drug-likeness (QED) is 0.320. The maximum Gasteiger partial charge on any atom is 0.511 e. The van der Waals surface area contributed by atoms with Gasteiger partial charge >= 0.3 is 12.2 Å². The molecule has 4 aliphatic rings. The van der Waals surface area contributed by atoms with Gasteiger partial charge in [-0.2, -0.15) is 0 Å². The van der Waals surface area contributed by atoms with Crippen molar-refractivity contribution in [3.05, 3.63) is 65.2 Å². The van der Waals surface area contributed by atoms with E-state index in [0.717, 1.165) is 56.9 Å². The van der Waals surface area contributed by atoms with Gasteiger partial charge in [0.2, 0.25) is 6.79 Å². The van der Waals surface area contributed by atoms with Crippen LogP contribution in [0.3, 0.4) is 0 Å². The molecule has 7 nitrogen and oxygen atoms in total. The number of ether oxygens (including phenoxy) is 4. The van der Waals surface area contributed by atoms with Gasteiger partial charge in [0.25, 0.3) is 0 Å². The van der Waals surface area contributed by atoms with Gasteiger partial charge in [0.05, 0.1) is 0 Å². The van der Waals surface area contributed by atoms with Gasteiger partial charge in [-0.05, 0) is 86.1 Å². The summed E-state index contributed by atoms with van der Waals surface area (Å²) in [4.78, 5) is 27.2. The molecule has 2 saturated carbocycles. The highest BCUT2D eigenvalue weighted by molar-refractivity contribution is 5.69. The largest absolute Gasteiger partial charge is 0.511 e. The lowest BCUT2D eigenvalue weighted by atomic mass is 9.52. The molecule has 0 spiro atoms. The molecule has 0 unspecified atom stereocenters. The Kier molecular flexibility index (Phi) is 7.18. The van der Waals surface area contributed by atoms with Crippen LogP contribution in [0.25, 0.3) is 0 Å². The number of piperidine rings is 1. The van der Waals surface area contributed by atoms with Crippen molar-refractivity contribution >= 4 is 12.2 Å². The topological polar surface area (TPSA) is 74.3 Å². The molecule has 3 fully saturated rings. The van der Waals surface area contributed by atoms with Crippen molar-refractivity contribution in [2.45, 2.75) is 88.4 Å². The van der Waals surface area contributed by atoms with E-state index in [1.54, 1.807) is 0 Å². The van der Waals surface area contributed by atoms with Crippen LogP contribution in [0, 0.1) is 5.92 Å². The van der Waals surface area contributed by atoms with Gasteiger partial charge in [-0.25, -0.2) is 9.59 Å². The van der Waals surface area contributed by atoms with Gasteiger partial charge < -0.3 is 23.8 Å². The molecular weight excluding hydrogens is 482 g/mol. The first-order valence-electron chi connectivity index (χ1n) is 14.2. The lowest BCUT2D eigenvalue weighted by Crippen LogP contribution is -2.62. The van der Waals surface area contributed by atoms with Crippen LogP contribution in [0.5, 0.6) is 5.75 Å². The molecule has 1 aliphatic heterocycles. The van der Waals surface area contributed by atoms with Crippen LogP contribution in [0.15, 0.2) is 48.5 Å². The molecule has 1 amide bonds. The molecule has 0 N–H and O–H groups in total. The van der Waals surface area contributed by atoms with Crippen molar-refractivity contribution in [2.75, 3.05) is 13.3 Å². The molecule has 2 aromatic carbocycles. The highest BCUT2D eigenvalue weighted by atomic mass is 16.8. The number of nitrogens with zero attached hydrogens (tertiary/aromatic N) is 1. The average Bonchev–Trinajstić information content (AvgIpc) is 3.45. The third-order valence-electron chi connectivity index (χ3n) is 9.22. The Bertz CT molecular complexity index is 1150. The summed E-state index contributed by atoms with van der Waals surface area (Å²) in [6.07, 6.45) is 9.51. The molecule has 38 heavy (non-hydrogen) atoms. The predicted molar refractivity (Wildman–Crippen MR) is 141 cm³/mol. The fraction of sp³-hybridized carbons (Fsp3) is 0.548. The zero-order chi connectivity index (χ0) is 26.0. The Balaban J connectivity index is 1.13. The maximum absolute atomic E-state index is 13.2. The summed E-state index contributed by atoms with van der Waals surface area (Å²) in [5.74, 6) is 1.12. The number of amides is 1. The summed E-state index contributed by atoms with van der Waals surface area (Å²) in [5, 5.41) is 0. The number of hydrogen-bond acceptors (Lipinski definition) is 6. The van der Waals surface area contributed by atoms with E-state index in [2.05, 4.69) is 12.1 Å². The van der Waals surface area contributed by atoms with E-state index in [4.69, 9.17) is 18.9 Å². The van der Waals surface area contributed by atoms with Crippen molar-refractivity contribution in [3.63, 3.8) is 0 Å². The van der Waals surface area contributed by atoms with Crippen LogP contribution in [0.1, 0.15) is 74.5 Å². The second kappa shape index (κ2) is 10.9. The molecule has 202 valence electrons. The summed E-state index contributed by atoms with van der Waals surface area (Å²) in [6.45, 7) is 0.839. The first-order chi connectivity index (χ1) is 18.6. The first-order valence-corrected chi connectivity index (χ1v) is 14.2. The zero-order valence-corrected chi connectivity index (χ0v) is 21.9. The third kappa shape index (κ3) is 4.95. The summed E-state index contributed by atoms with van der Waals surface area (Å²) >= 11 is 0. The minimum Gasteiger partial charge on any atom is -0.457 e. The van der Waals surface area contributed by atoms with E-state index in [1.807, 2.05) is 41.3 Å². The second-order valence-corrected chi connectivity index (χ2v) is 11.3. The summed E-state index contributed by atoms with van der Waals surface area (Å²) < 4.78 is 22.2. The highest BCUT2D eigenvalue weighted by Crippen LogP contribution is 2.56. The lowest BCUT2D eigenvalue weighted by molar-refractivity contribution is -0.0170. The van der Waals surface area contributed by atoms with E-state index in [9.17, 15) is 9.59 Å². The van der Waals surface area contributed by atoms with Crippen LogP contribution in [-0.2, 0) is 32.7 Å². The van der Waals surface area contributed by atoms with Crippen molar-refractivity contribution in [1.82, 2.24) is 4.90 Å². The van der Waals surface area contributed by atoms with Crippen molar-refractivity contribution < 1.29 is 28.5 Å². The van der Waals surface area contributed by atoms with Gasteiger partial charge in [-0.15, -0.1) is 0 Å². The number of rotatable bonds is 6. The van der Waals surface area contributed by atoms with Crippen LogP contribution < -0.4 is 4.74 Å². The van der Waals surface area contributed by atoms with Crippen LogP contribution >= 0.6 is 0 Å². The maximum atomic E-state index is 13.2. The Labute approximate surface area is 224 Å². The van der Waals surface area contributed by atoms with Crippen LogP contribution in [0.2, 0.25) is 0 Å². The second-order valence-electron chi connectivity index (χ2n) is 11.3. The monoisotopic (exact) mass is 519 g/mol. The van der Waals surface area contributed by atoms with Gasteiger partial charge in [-0.1, -0.05) is 49.2 Å². The minimum atomic E-state index is -0.657. The van der Waals surface area contributed by atoms with Gasteiger partial charge in [0.1, 0.15) is 18.5 Å². The first kappa shape index (κ1) is 25.1. The number of carbonyl (C=O) groups is 2. The molecule has 1 saturated heterocycles. The van der Waals surface area contributed by atoms with Crippen molar-refractivity contribution in [3.8, 4) is 5.75 Å². The van der Waals surface area contributed by atoms with E-state index in [0.29, 0.717) is 24.8 Å². The number of benzene rings is 2. The van der Waals surface area contributed by atoms with Gasteiger partial charge in [0, 0.05) is 18.0 Å². The Morgan fingerprint density at radius 1 is 0.921 bits per heavy atom. The number of likely N-dealkylation sites (tertiary alicyclic amines) is 1. The fourth-order valence-corrected chi connectivity index (χ4v) is 7.42.